The number of halogens is 1. The van der Waals surface area contributed by atoms with Gasteiger partial charge in [0.05, 0.1) is 22.2 Å². The summed E-state index contributed by atoms with van der Waals surface area (Å²) >= 11 is 5.35. The third-order valence-electron chi connectivity index (χ3n) is 1.26. The fraction of sp³-hybridized carbons (Fsp3) is 1.00. The molecule has 0 spiro atoms. The topological polar surface area (TPSA) is 21.7 Å². The summed E-state index contributed by atoms with van der Waals surface area (Å²) in [5.74, 6) is 0. The second kappa shape index (κ2) is 5.28. The van der Waals surface area contributed by atoms with Gasteiger partial charge in [-0.1, -0.05) is 11.6 Å². The van der Waals surface area contributed by atoms with Crippen molar-refractivity contribution in [2.45, 2.75) is 0 Å². The van der Waals surface area contributed by atoms with E-state index < -0.39 is 0 Å². The molecule has 0 aromatic rings. The monoisotopic (exact) mass is 183 g/mol. The van der Waals surface area contributed by atoms with Crippen LogP contribution in [0, 0.1) is 0 Å². The van der Waals surface area contributed by atoms with E-state index in [0.717, 1.165) is 26.3 Å². The van der Waals surface area contributed by atoms with Gasteiger partial charge < -0.3 is 9.26 Å². The molecule has 1 aliphatic heterocycles. The van der Waals surface area contributed by atoms with Crippen LogP contribution in [-0.2, 0) is 9.26 Å². The van der Waals surface area contributed by atoms with Gasteiger partial charge in [-0.05, 0) is 0 Å². The normalized spacial score (nSPS) is 22.5. The van der Waals surface area contributed by atoms with Crippen molar-refractivity contribution in [1.29, 1.82) is 0 Å². The van der Waals surface area contributed by atoms with Crippen molar-refractivity contribution < 1.29 is 9.26 Å². The van der Waals surface area contributed by atoms with Gasteiger partial charge in [0, 0.05) is 13.1 Å². The second-order valence-electron chi connectivity index (χ2n) is 1.94. The Hall–Kier alpha value is 0.600. The van der Waals surface area contributed by atoms with Crippen LogP contribution in [-0.4, -0.2) is 37.0 Å². The van der Waals surface area contributed by atoms with Gasteiger partial charge in [-0.3, -0.25) is 4.67 Å². The van der Waals surface area contributed by atoms with Crippen LogP contribution in [0.3, 0.4) is 0 Å². The van der Waals surface area contributed by atoms with Gasteiger partial charge in [-0.15, -0.1) is 0 Å². The van der Waals surface area contributed by atoms with Crippen molar-refractivity contribution in [3.8, 4) is 0 Å². The highest BCUT2D eigenvalue weighted by atomic mass is 35.5. The maximum absolute atomic E-state index is 5.35. The lowest BCUT2D eigenvalue weighted by molar-refractivity contribution is 0.0723. The van der Waals surface area contributed by atoms with Crippen LogP contribution in [0.2, 0.25) is 0 Å². The van der Waals surface area contributed by atoms with Gasteiger partial charge in [0.2, 0.25) is 0 Å². The van der Waals surface area contributed by atoms with Crippen LogP contribution in [0.5, 0.6) is 0 Å². The molecule has 0 aromatic carbocycles. The van der Waals surface area contributed by atoms with Crippen molar-refractivity contribution in [2.75, 3.05) is 32.4 Å². The second-order valence-corrected chi connectivity index (χ2v) is 3.27. The van der Waals surface area contributed by atoms with Crippen LogP contribution in [0.1, 0.15) is 0 Å². The summed E-state index contributed by atoms with van der Waals surface area (Å²) in [6.07, 6.45) is 0. The molecule has 0 amide bonds. The Kier molecular flexibility index (Phi) is 4.59. The molecule has 1 aliphatic rings. The van der Waals surface area contributed by atoms with Gasteiger partial charge in [-0.25, -0.2) is 0 Å². The Morgan fingerprint density at radius 3 is 2.80 bits per heavy atom. The summed E-state index contributed by atoms with van der Waals surface area (Å²) in [6, 6.07) is 0.288. The lowest BCUT2D eigenvalue weighted by Gasteiger charge is -2.24. The first-order valence-electron chi connectivity index (χ1n) is 3.19. The minimum absolute atomic E-state index is 0.288. The molecule has 0 N–H and O–H groups in total. The van der Waals surface area contributed by atoms with Crippen LogP contribution >= 0.6 is 20.6 Å². The molecule has 1 heterocycles. The van der Waals surface area contributed by atoms with Crippen molar-refractivity contribution in [1.82, 2.24) is 4.67 Å². The molecule has 1 saturated heterocycles. The zero-order valence-electron chi connectivity index (χ0n) is 5.68. The Bertz CT molecular complexity index is 89.7. The molecule has 0 saturated carbocycles. The third-order valence-corrected chi connectivity index (χ3v) is 2.53. The van der Waals surface area contributed by atoms with Gasteiger partial charge in [-0.2, -0.15) is 0 Å². The molecule has 3 nitrogen and oxygen atoms in total. The minimum Gasteiger partial charge on any atom is -0.379 e. The quantitative estimate of drug-likeness (QED) is 0.482. The number of hydrogen-bond donors (Lipinski definition) is 0. The van der Waals surface area contributed by atoms with E-state index in [9.17, 15) is 0 Å². The first-order chi connectivity index (χ1) is 4.93. The first kappa shape index (κ1) is 8.69. The smallest absolute Gasteiger partial charge is 0.126 e. The maximum Gasteiger partial charge on any atom is 0.126 e. The molecule has 1 unspecified atom stereocenters. The zero-order valence-corrected chi connectivity index (χ0v) is 7.43. The molecular weight excluding hydrogens is 172 g/mol. The predicted octanol–water partition coefficient (Wildman–Crippen LogP) is 1.04. The summed E-state index contributed by atoms with van der Waals surface area (Å²) in [4.78, 5) is 0. The molecule has 0 bridgehead atoms. The van der Waals surface area contributed by atoms with Crippen LogP contribution in [0.25, 0.3) is 0 Å². The van der Waals surface area contributed by atoms with E-state index in [-0.39, 0.29) is 6.07 Å². The highest BCUT2D eigenvalue weighted by Gasteiger charge is 2.09. The fourth-order valence-electron chi connectivity index (χ4n) is 0.770. The lowest BCUT2D eigenvalue weighted by Crippen LogP contribution is -2.30. The van der Waals surface area contributed by atoms with E-state index in [0.29, 0.717) is 8.96 Å². The Morgan fingerprint density at radius 2 is 2.20 bits per heavy atom. The zero-order chi connectivity index (χ0) is 7.23. The number of ether oxygens (including phenoxy) is 1. The van der Waals surface area contributed by atoms with Gasteiger partial charge >= 0.3 is 0 Å². The van der Waals surface area contributed by atoms with E-state index in [2.05, 4.69) is 4.67 Å². The van der Waals surface area contributed by atoms with Crippen LogP contribution in [0.4, 0.5) is 0 Å². The fourth-order valence-corrected chi connectivity index (χ4v) is 1.51. The number of nitrogens with zero attached hydrogens (tertiary/aromatic N) is 1. The molecule has 0 aromatic heterocycles. The summed E-state index contributed by atoms with van der Waals surface area (Å²) < 4.78 is 12.4. The van der Waals surface area contributed by atoms with Crippen molar-refractivity contribution >= 4 is 20.6 Å². The van der Waals surface area contributed by atoms with E-state index >= 15 is 0 Å². The summed E-state index contributed by atoms with van der Waals surface area (Å²) in [5.41, 5.74) is 0. The molecule has 60 valence electrons. The molecule has 5 heteroatoms. The van der Waals surface area contributed by atoms with E-state index in [1.807, 2.05) is 0 Å². The first-order valence-corrected chi connectivity index (χ1v) is 4.58. The van der Waals surface area contributed by atoms with Crippen molar-refractivity contribution in [3.63, 3.8) is 0 Å². The molecule has 1 rings (SSSR count). The van der Waals surface area contributed by atoms with Gasteiger partial charge in [0.25, 0.3) is 0 Å². The van der Waals surface area contributed by atoms with Crippen LogP contribution < -0.4 is 0 Å². The average Bonchev–Trinajstić information content (AvgIpc) is 2.03. The highest BCUT2D eigenvalue weighted by Crippen LogP contribution is 2.20. The SMILES string of the molecule is ClCOPN1CCOCC1. The maximum atomic E-state index is 5.35. The number of morpholine rings is 1. The Labute approximate surface area is 67.5 Å². The van der Waals surface area contributed by atoms with Gasteiger partial charge in [0.1, 0.15) is 6.07 Å². The molecule has 1 atom stereocenters. The molecule has 0 radical (unpaired) electrons. The van der Waals surface area contributed by atoms with Gasteiger partial charge in [0.15, 0.2) is 0 Å². The largest absolute Gasteiger partial charge is 0.379 e. The number of alkyl halides is 1. The number of rotatable bonds is 3. The predicted molar refractivity (Wildman–Crippen MR) is 42.5 cm³/mol. The van der Waals surface area contributed by atoms with Crippen LogP contribution in [0.15, 0.2) is 0 Å². The minimum atomic E-state index is 0.288. The third kappa shape index (κ3) is 3.13. The molecule has 0 aliphatic carbocycles. The standard InChI is InChI=1S/C5H11ClNO2P/c6-5-9-10-7-1-3-8-4-2-7/h10H,1-5H2. The lowest BCUT2D eigenvalue weighted by atomic mass is 10.5. The summed E-state index contributed by atoms with van der Waals surface area (Å²) in [5, 5.41) is 0. The van der Waals surface area contributed by atoms with Crippen molar-refractivity contribution in [2.24, 2.45) is 0 Å². The van der Waals surface area contributed by atoms with E-state index in [1.54, 1.807) is 0 Å². The Morgan fingerprint density at radius 1 is 1.50 bits per heavy atom. The highest BCUT2D eigenvalue weighted by molar-refractivity contribution is 7.29. The average molecular weight is 184 g/mol. The molecule has 1 fully saturated rings. The summed E-state index contributed by atoms with van der Waals surface area (Å²) in [6.45, 7) is 3.57. The van der Waals surface area contributed by atoms with E-state index in [4.69, 9.17) is 20.9 Å². The van der Waals surface area contributed by atoms with Crippen molar-refractivity contribution in [3.05, 3.63) is 0 Å². The van der Waals surface area contributed by atoms with E-state index in [1.165, 1.54) is 0 Å². The molecule has 10 heavy (non-hydrogen) atoms. The summed E-state index contributed by atoms with van der Waals surface area (Å²) in [7, 11) is 0.403. The molecular formula is C5H11ClNO2P. The number of hydrogen-bond acceptors (Lipinski definition) is 3. The Balaban J connectivity index is 2.02.